The molecule has 0 aliphatic carbocycles. The third-order valence-electron chi connectivity index (χ3n) is 4.38. The molecular formula is C17H20O9. The number of phenols is 1. The highest BCUT2D eigenvalue weighted by Crippen LogP contribution is 2.31. The molecule has 9 nitrogen and oxygen atoms in total. The van der Waals surface area contributed by atoms with E-state index in [1.54, 1.807) is 6.92 Å². The van der Waals surface area contributed by atoms with Crippen molar-refractivity contribution in [3.05, 3.63) is 34.2 Å². The molecule has 0 saturated carbocycles. The summed E-state index contributed by atoms with van der Waals surface area (Å²) in [6.45, 7) is 1.19. The van der Waals surface area contributed by atoms with E-state index >= 15 is 0 Å². The molecule has 0 radical (unpaired) electrons. The van der Waals surface area contributed by atoms with E-state index in [0.29, 0.717) is 12.0 Å². The fourth-order valence-electron chi connectivity index (χ4n) is 2.86. The van der Waals surface area contributed by atoms with Crippen LogP contribution in [0.15, 0.2) is 27.6 Å². The Hall–Kier alpha value is -2.17. The second kappa shape index (κ2) is 7.22. The van der Waals surface area contributed by atoms with E-state index in [2.05, 4.69) is 0 Å². The Morgan fingerprint density at radius 1 is 1.15 bits per heavy atom. The Kier molecular flexibility index (Phi) is 5.17. The summed E-state index contributed by atoms with van der Waals surface area (Å²) in [5.41, 5.74) is 0.132. The highest BCUT2D eigenvalue weighted by Gasteiger charge is 2.44. The summed E-state index contributed by atoms with van der Waals surface area (Å²) in [6, 6.07) is 2.48. The van der Waals surface area contributed by atoms with Gasteiger partial charge >= 0.3 is 0 Å². The molecule has 1 aromatic carbocycles. The molecule has 3 rings (SSSR count). The monoisotopic (exact) mass is 368 g/mol. The average molecular weight is 368 g/mol. The molecule has 5 atom stereocenters. The van der Waals surface area contributed by atoms with E-state index in [1.165, 1.54) is 12.3 Å². The van der Waals surface area contributed by atoms with Crippen molar-refractivity contribution in [3.63, 3.8) is 0 Å². The summed E-state index contributed by atoms with van der Waals surface area (Å²) in [6.07, 6.45) is -5.50. The van der Waals surface area contributed by atoms with E-state index in [0.717, 1.165) is 6.07 Å². The van der Waals surface area contributed by atoms with Crippen LogP contribution in [0.2, 0.25) is 0 Å². The summed E-state index contributed by atoms with van der Waals surface area (Å²) >= 11 is 0. The van der Waals surface area contributed by atoms with Crippen LogP contribution in [0.4, 0.5) is 0 Å². The molecule has 0 spiro atoms. The standard InChI is InChI=1S/C17H20O9/c1-2-7-6-24-10-4-8(3-9(19)12(10)13(7)20)25-17-16(23)15(22)14(21)11(5-18)26-17/h3-4,6,11,14-19,21-23H,2,5H2,1H3. The minimum absolute atomic E-state index is 0.00510. The van der Waals surface area contributed by atoms with Crippen LogP contribution in [0.5, 0.6) is 11.5 Å². The molecule has 2 aromatic rings. The predicted octanol–water partition coefficient (Wildman–Crippen LogP) is -0.760. The zero-order chi connectivity index (χ0) is 19.0. The van der Waals surface area contributed by atoms with Gasteiger partial charge in [0.2, 0.25) is 6.29 Å². The third-order valence-corrected chi connectivity index (χ3v) is 4.38. The maximum atomic E-state index is 12.3. The summed E-state index contributed by atoms with van der Waals surface area (Å²) < 4.78 is 16.0. The Labute approximate surface area is 147 Å². The van der Waals surface area contributed by atoms with Crippen molar-refractivity contribution in [1.29, 1.82) is 0 Å². The molecule has 1 saturated heterocycles. The molecule has 1 aliphatic rings. The van der Waals surface area contributed by atoms with Gasteiger partial charge in [0.25, 0.3) is 0 Å². The lowest BCUT2D eigenvalue weighted by Crippen LogP contribution is -2.60. The largest absolute Gasteiger partial charge is 0.507 e. The number of aromatic hydroxyl groups is 1. The number of aliphatic hydroxyl groups is 4. The topological polar surface area (TPSA) is 150 Å². The number of hydrogen-bond donors (Lipinski definition) is 5. The highest BCUT2D eigenvalue weighted by molar-refractivity contribution is 5.85. The van der Waals surface area contributed by atoms with E-state index in [9.17, 15) is 30.3 Å². The quantitative estimate of drug-likeness (QED) is 0.469. The molecule has 0 amide bonds. The van der Waals surface area contributed by atoms with Crippen molar-refractivity contribution in [2.75, 3.05) is 6.61 Å². The molecule has 26 heavy (non-hydrogen) atoms. The Balaban J connectivity index is 1.93. The number of aliphatic hydroxyl groups excluding tert-OH is 4. The number of rotatable bonds is 4. The smallest absolute Gasteiger partial charge is 0.229 e. The summed E-state index contributed by atoms with van der Waals surface area (Å²) in [4.78, 5) is 12.3. The Morgan fingerprint density at radius 2 is 1.88 bits per heavy atom. The van der Waals surface area contributed by atoms with E-state index in [4.69, 9.17) is 13.9 Å². The van der Waals surface area contributed by atoms with Crippen LogP contribution in [0.1, 0.15) is 12.5 Å². The van der Waals surface area contributed by atoms with E-state index < -0.39 is 37.3 Å². The molecule has 1 aromatic heterocycles. The van der Waals surface area contributed by atoms with Gasteiger partial charge in [-0.2, -0.15) is 0 Å². The van der Waals surface area contributed by atoms with Crippen LogP contribution >= 0.6 is 0 Å². The first-order valence-corrected chi connectivity index (χ1v) is 8.12. The van der Waals surface area contributed by atoms with Gasteiger partial charge in [0, 0.05) is 17.7 Å². The Morgan fingerprint density at radius 3 is 2.54 bits per heavy atom. The summed E-state index contributed by atoms with van der Waals surface area (Å²) in [5, 5.41) is 48.9. The lowest BCUT2D eigenvalue weighted by Gasteiger charge is -2.39. The first kappa shape index (κ1) is 18.6. The van der Waals surface area contributed by atoms with Crippen LogP contribution in [-0.2, 0) is 11.2 Å². The highest BCUT2D eigenvalue weighted by atomic mass is 16.7. The first-order valence-electron chi connectivity index (χ1n) is 8.12. The van der Waals surface area contributed by atoms with E-state index in [1.807, 2.05) is 0 Å². The van der Waals surface area contributed by atoms with Gasteiger partial charge in [-0.1, -0.05) is 6.92 Å². The van der Waals surface area contributed by atoms with Crippen molar-refractivity contribution < 1.29 is 39.4 Å². The van der Waals surface area contributed by atoms with Crippen LogP contribution in [0.25, 0.3) is 11.0 Å². The molecule has 9 heteroatoms. The number of hydrogen-bond acceptors (Lipinski definition) is 9. The number of aryl methyl sites for hydroxylation is 1. The molecule has 2 heterocycles. The van der Waals surface area contributed by atoms with Gasteiger partial charge in [-0.05, 0) is 6.42 Å². The van der Waals surface area contributed by atoms with Crippen molar-refractivity contribution in [2.24, 2.45) is 0 Å². The number of phenolic OH excluding ortho intramolecular Hbond substituents is 1. The normalized spacial score (nSPS) is 29.0. The first-order chi connectivity index (χ1) is 12.4. The molecule has 1 fully saturated rings. The lowest BCUT2D eigenvalue weighted by atomic mass is 9.99. The average Bonchev–Trinajstić information content (AvgIpc) is 2.62. The second-order valence-corrected chi connectivity index (χ2v) is 6.07. The molecule has 1 aliphatic heterocycles. The number of benzene rings is 1. The van der Waals surface area contributed by atoms with Crippen LogP contribution in [0.3, 0.4) is 0 Å². The third kappa shape index (κ3) is 3.15. The van der Waals surface area contributed by atoms with Gasteiger partial charge in [0.1, 0.15) is 46.9 Å². The molecular weight excluding hydrogens is 348 g/mol. The lowest BCUT2D eigenvalue weighted by molar-refractivity contribution is -0.277. The van der Waals surface area contributed by atoms with Crippen LogP contribution in [0, 0.1) is 0 Å². The van der Waals surface area contributed by atoms with Crippen LogP contribution < -0.4 is 10.2 Å². The SMILES string of the molecule is CCc1coc2cc(OC3OC(CO)C(O)C(O)C3O)cc(O)c2c1=O. The van der Waals surface area contributed by atoms with Gasteiger partial charge in [-0.25, -0.2) is 0 Å². The maximum Gasteiger partial charge on any atom is 0.229 e. The molecule has 5 unspecified atom stereocenters. The van der Waals surface area contributed by atoms with Crippen molar-refractivity contribution in [3.8, 4) is 11.5 Å². The van der Waals surface area contributed by atoms with Gasteiger partial charge < -0.3 is 39.4 Å². The second-order valence-electron chi connectivity index (χ2n) is 6.07. The predicted molar refractivity (Wildman–Crippen MR) is 87.9 cm³/mol. The summed E-state index contributed by atoms with van der Waals surface area (Å²) in [7, 11) is 0. The summed E-state index contributed by atoms with van der Waals surface area (Å²) in [5.74, 6) is -0.363. The minimum Gasteiger partial charge on any atom is -0.507 e. The van der Waals surface area contributed by atoms with Gasteiger partial charge in [-0.15, -0.1) is 0 Å². The molecule has 142 valence electrons. The van der Waals surface area contributed by atoms with E-state index in [-0.39, 0.29) is 27.9 Å². The van der Waals surface area contributed by atoms with Gasteiger partial charge in [0.05, 0.1) is 12.9 Å². The van der Waals surface area contributed by atoms with Crippen molar-refractivity contribution in [1.82, 2.24) is 0 Å². The van der Waals surface area contributed by atoms with Crippen molar-refractivity contribution in [2.45, 2.75) is 44.1 Å². The molecule has 5 N–H and O–H groups in total. The van der Waals surface area contributed by atoms with Crippen molar-refractivity contribution >= 4 is 11.0 Å². The zero-order valence-corrected chi connectivity index (χ0v) is 13.9. The fourth-order valence-corrected chi connectivity index (χ4v) is 2.86. The molecule has 0 bridgehead atoms. The van der Waals surface area contributed by atoms with Gasteiger partial charge in [-0.3, -0.25) is 4.79 Å². The number of fused-ring (bicyclic) bond motifs is 1. The zero-order valence-electron chi connectivity index (χ0n) is 13.9. The minimum atomic E-state index is -1.60. The maximum absolute atomic E-state index is 12.3. The van der Waals surface area contributed by atoms with Crippen LogP contribution in [-0.4, -0.2) is 62.8 Å². The number of ether oxygens (including phenoxy) is 2. The van der Waals surface area contributed by atoms with Gasteiger partial charge in [0.15, 0.2) is 5.43 Å². The Bertz CT molecular complexity index is 844. The fraction of sp³-hybridized carbons (Fsp3) is 0.471.